The molecule has 2 aromatic carbocycles. The van der Waals surface area contributed by atoms with E-state index in [0.717, 1.165) is 12.8 Å². The first-order valence-corrected chi connectivity index (χ1v) is 10.8. The molecule has 9 heteroatoms. The smallest absolute Gasteiger partial charge is 0.264 e. The van der Waals surface area contributed by atoms with Crippen LogP contribution >= 0.6 is 24.0 Å². The van der Waals surface area contributed by atoms with E-state index in [2.05, 4.69) is 15.3 Å². The molecule has 1 aliphatic heterocycles. The molecule has 0 atom stereocenters. The molecule has 6 nitrogen and oxygen atoms in total. The zero-order valence-electron chi connectivity index (χ0n) is 17.5. The number of benzene rings is 2. The summed E-state index contributed by atoms with van der Waals surface area (Å²) >= 11 is 6.39. The number of anilines is 1. The van der Waals surface area contributed by atoms with E-state index in [1.54, 1.807) is 36.5 Å². The summed E-state index contributed by atoms with van der Waals surface area (Å²) in [6.07, 6.45) is 3.40. The zero-order chi connectivity index (χ0) is 22.1. The Labute approximate surface area is 200 Å². The fourth-order valence-electron chi connectivity index (χ4n) is 3.89. The quantitative estimate of drug-likeness (QED) is 0.426. The number of fused-ring (bicyclic) bond motifs is 1. The van der Waals surface area contributed by atoms with Crippen LogP contribution in [0.4, 0.5) is 10.3 Å². The number of hydrogen-bond acceptors (Lipinski definition) is 5. The number of aromatic nitrogens is 3. The van der Waals surface area contributed by atoms with Gasteiger partial charge in [0, 0.05) is 47.0 Å². The molecule has 0 saturated carbocycles. The zero-order valence-corrected chi connectivity index (χ0v) is 19.1. The summed E-state index contributed by atoms with van der Waals surface area (Å²) in [6.45, 7) is 1.37. The first kappa shape index (κ1) is 23.2. The summed E-state index contributed by atoms with van der Waals surface area (Å²) in [4.78, 5) is 22.8. The van der Waals surface area contributed by atoms with E-state index in [9.17, 15) is 9.18 Å². The molecule has 1 saturated heterocycles. The first-order chi connectivity index (χ1) is 15.6. The van der Waals surface area contributed by atoms with E-state index < -0.39 is 0 Å². The van der Waals surface area contributed by atoms with Crippen LogP contribution in [-0.2, 0) is 4.74 Å². The van der Waals surface area contributed by atoms with Gasteiger partial charge in [-0.25, -0.2) is 9.37 Å². The Morgan fingerprint density at radius 2 is 1.79 bits per heavy atom. The third-order valence-electron chi connectivity index (χ3n) is 5.54. The average Bonchev–Trinajstić information content (AvgIpc) is 2.81. The fourth-order valence-corrected chi connectivity index (χ4v) is 4.13. The second-order valence-electron chi connectivity index (χ2n) is 7.66. The van der Waals surface area contributed by atoms with Crippen LogP contribution in [0.1, 0.15) is 12.8 Å². The summed E-state index contributed by atoms with van der Waals surface area (Å²) in [5, 5.41) is 4.47. The SMILES string of the molecule is Cl.O=c1c(-c2ccccc2Cl)cc2cnc(NC3CCOCC3)nc2n1-c1ccc(F)cc1. The first-order valence-electron chi connectivity index (χ1n) is 10.4. The largest absolute Gasteiger partial charge is 0.381 e. The predicted octanol–water partition coefficient (Wildman–Crippen LogP) is 5.25. The molecule has 0 aliphatic carbocycles. The number of halogens is 3. The monoisotopic (exact) mass is 486 g/mol. The van der Waals surface area contributed by atoms with Gasteiger partial charge in [0.1, 0.15) is 5.82 Å². The van der Waals surface area contributed by atoms with Crippen molar-refractivity contribution in [3.05, 3.63) is 82.0 Å². The number of hydrogen-bond donors (Lipinski definition) is 1. The lowest BCUT2D eigenvalue weighted by Gasteiger charge is -2.23. The standard InChI is InChI=1S/C24H20ClFN4O2.ClH/c25-21-4-2-1-3-19(21)20-13-15-14-27-24(28-17-9-11-32-12-10-17)29-22(15)30(23(20)31)18-7-5-16(26)6-8-18;/h1-8,13-14,17H,9-12H2,(H,27,28,29);1H. The van der Waals surface area contributed by atoms with Crippen molar-refractivity contribution >= 4 is 41.0 Å². The lowest BCUT2D eigenvalue weighted by Crippen LogP contribution is -2.29. The van der Waals surface area contributed by atoms with Gasteiger partial charge >= 0.3 is 0 Å². The number of nitrogens with zero attached hydrogens (tertiary/aromatic N) is 3. The Morgan fingerprint density at radius 1 is 1.06 bits per heavy atom. The van der Waals surface area contributed by atoms with E-state index in [1.807, 2.05) is 12.1 Å². The van der Waals surface area contributed by atoms with E-state index >= 15 is 0 Å². The molecule has 2 aromatic heterocycles. The van der Waals surface area contributed by atoms with Gasteiger partial charge in [-0.05, 0) is 49.2 Å². The maximum Gasteiger partial charge on any atom is 0.264 e. The molecule has 0 spiro atoms. The summed E-state index contributed by atoms with van der Waals surface area (Å²) in [7, 11) is 0. The van der Waals surface area contributed by atoms with Crippen LogP contribution in [-0.4, -0.2) is 33.8 Å². The van der Waals surface area contributed by atoms with Gasteiger partial charge in [0.2, 0.25) is 5.95 Å². The van der Waals surface area contributed by atoms with E-state index in [0.29, 0.717) is 52.0 Å². The molecule has 5 rings (SSSR count). The van der Waals surface area contributed by atoms with Crippen molar-refractivity contribution in [1.29, 1.82) is 0 Å². The Morgan fingerprint density at radius 3 is 2.52 bits per heavy atom. The highest BCUT2D eigenvalue weighted by atomic mass is 35.5. The topological polar surface area (TPSA) is 69.0 Å². The van der Waals surface area contributed by atoms with Crippen LogP contribution in [0, 0.1) is 5.82 Å². The Hall–Kier alpha value is -3.00. The van der Waals surface area contributed by atoms with Gasteiger partial charge in [0.05, 0.1) is 5.69 Å². The average molecular weight is 487 g/mol. The minimum absolute atomic E-state index is 0. The summed E-state index contributed by atoms with van der Waals surface area (Å²) in [5.74, 6) is 0.0509. The van der Waals surface area contributed by atoms with Gasteiger partial charge in [-0.2, -0.15) is 4.98 Å². The lowest BCUT2D eigenvalue weighted by molar-refractivity contribution is 0.0903. The van der Waals surface area contributed by atoms with E-state index in [1.165, 1.54) is 16.7 Å². The van der Waals surface area contributed by atoms with Crippen molar-refractivity contribution < 1.29 is 9.13 Å². The molecular formula is C24H21Cl2FN4O2. The van der Waals surface area contributed by atoms with Gasteiger partial charge < -0.3 is 10.1 Å². The van der Waals surface area contributed by atoms with Crippen LogP contribution in [0.5, 0.6) is 0 Å². The second-order valence-corrected chi connectivity index (χ2v) is 8.07. The fraction of sp³-hybridized carbons (Fsp3) is 0.208. The predicted molar refractivity (Wildman–Crippen MR) is 130 cm³/mol. The molecular weight excluding hydrogens is 466 g/mol. The molecule has 33 heavy (non-hydrogen) atoms. The molecule has 4 aromatic rings. The van der Waals surface area contributed by atoms with Gasteiger partial charge in [-0.3, -0.25) is 9.36 Å². The Kier molecular flexibility index (Phi) is 6.93. The molecule has 3 heterocycles. The minimum atomic E-state index is -0.384. The van der Waals surface area contributed by atoms with Crippen LogP contribution < -0.4 is 10.9 Å². The van der Waals surface area contributed by atoms with E-state index in [-0.39, 0.29) is 29.8 Å². The molecule has 170 valence electrons. The number of pyridine rings is 1. The molecule has 1 N–H and O–H groups in total. The Balaban J connectivity index is 0.00000259. The van der Waals surface area contributed by atoms with Crippen molar-refractivity contribution in [3.63, 3.8) is 0 Å². The maximum atomic E-state index is 13.6. The number of nitrogens with one attached hydrogen (secondary N) is 1. The van der Waals surface area contributed by atoms with Crippen molar-refractivity contribution in [1.82, 2.24) is 14.5 Å². The highest BCUT2D eigenvalue weighted by Gasteiger charge is 2.18. The highest BCUT2D eigenvalue weighted by molar-refractivity contribution is 6.33. The number of rotatable bonds is 4. The molecule has 1 fully saturated rings. The molecule has 0 radical (unpaired) electrons. The third-order valence-corrected chi connectivity index (χ3v) is 5.87. The highest BCUT2D eigenvalue weighted by Crippen LogP contribution is 2.28. The van der Waals surface area contributed by atoms with Crippen LogP contribution in [0.2, 0.25) is 5.02 Å². The van der Waals surface area contributed by atoms with Gasteiger partial charge in [-0.15, -0.1) is 12.4 Å². The molecule has 0 amide bonds. The lowest BCUT2D eigenvalue weighted by atomic mass is 10.1. The van der Waals surface area contributed by atoms with Crippen molar-refractivity contribution in [3.8, 4) is 16.8 Å². The molecule has 0 unspecified atom stereocenters. The normalized spacial score (nSPS) is 14.1. The van der Waals surface area contributed by atoms with Crippen molar-refractivity contribution in [2.75, 3.05) is 18.5 Å². The third kappa shape index (κ3) is 4.71. The summed E-state index contributed by atoms with van der Waals surface area (Å²) in [5.41, 5.74) is 1.67. The minimum Gasteiger partial charge on any atom is -0.381 e. The van der Waals surface area contributed by atoms with Gasteiger partial charge in [0.25, 0.3) is 5.56 Å². The van der Waals surface area contributed by atoms with Gasteiger partial charge in [-0.1, -0.05) is 29.8 Å². The van der Waals surface area contributed by atoms with Crippen LogP contribution in [0.25, 0.3) is 27.8 Å². The summed E-state index contributed by atoms with van der Waals surface area (Å²) < 4.78 is 20.5. The maximum absolute atomic E-state index is 13.6. The molecule has 0 bridgehead atoms. The second kappa shape index (κ2) is 9.87. The number of ether oxygens (including phenoxy) is 1. The Bertz CT molecular complexity index is 1340. The molecule has 1 aliphatic rings. The van der Waals surface area contributed by atoms with Crippen molar-refractivity contribution in [2.24, 2.45) is 0 Å². The van der Waals surface area contributed by atoms with Gasteiger partial charge in [0.15, 0.2) is 5.65 Å². The van der Waals surface area contributed by atoms with Crippen LogP contribution in [0.3, 0.4) is 0 Å². The van der Waals surface area contributed by atoms with E-state index in [4.69, 9.17) is 16.3 Å². The van der Waals surface area contributed by atoms with Crippen molar-refractivity contribution in [2.45, 2.75) is 18.9 Å². The summed E-state index contributed by atoms with van der Waals surface area (Å²) in [6, 6.07) is 14.9. The van der Waals surface area contributed by atoms with Crippen LogP contribution in [0.15, 0.2) is 65.6 Å².